The Labute approximate surface area is 86.6 Å². The van der Waals surface area contributed by atoms with Crippen molar-refractivity contribution in [2.45, 2.75) is 31.9 Å². The van der Waals surface area contributed by atoms with Crippen LogP contribution in [0.2, 0.25) is 0 Å². The molecule has 0 unspecified atom stereocenters. The van der Waals surface area contributed by atoms with Crippen LogP contribution >= 0.6 is 0 Å². The van der Waals surface area contributed by atoms with Gasteiger partial charge in [-0.25, -0.2) is 0 Å². The maximum absolute atomic E-state index is 11.9. The number of carboxylic acid groups (broad SMARTS) is 1. The smallest absolute Gasteiger partial charge is 0.467 e. The first-order valence-electron chi connectivity index (χ1n) is 4.18. The van der Waals surface area contributed by atoms with Crippen molar-refractivity contribution in [2.24, 2.45) is 0 Å². The molecule has 96 valence electrons. The minimum atomic E-state index is -5.50. The van der Waals surface area contributed by atoms with Gasteiger partial charge in [0.05, 0.1) is 0 Å². The van der Waals surface area contributed by atoms with Crippen LogP contribution in [0.25, 0.3) is 0 Å². The van der Waals surface area contributed by atoms with E-state index >= 15 is 0 Å². The first-order chi connectivity index (χ1) is 7.05. The number of nitrogens with zero attached hydrogens (tertiary/aromatic N) is 1. The van der Waals surface area contributed by atoms with Crippen LogP contribution in [-0.2, 0) is 4.79 Å². The number of carbonyl (C=O) groups is 1. The summed E-state index contributed by atoms with van der Waals surface area (Å²) in [6.45, 7) is -1.29. The van der Waals surface area contributed by atoms with E-state index in [9.17, 15) is 31.1 Å². The van der Waals surface area contributed by atoms with Gasteiger partial charge in [-0.05, 0) is 12.8 Å². The molecular formula is C7H9F6NO2. The minimum Gasteiger partial charge on any atom is -0.481 e. The van der Waals surface area contributed by atoms with Crippen LogP contribution in [0.1, 0.15) is 19.3 Å². The zero-order valence-corrected chi connectivity index (χ0v) is 7.90. The Bertz CT molecular complexity index is 222. The SMILES string of the molecule is O=C(O)CCCCN(C(F)(F)F)C(F)(F)F. The van der Waals surface area contributed by atoms with Crippen molar-refractivity contribution < 1.29 is 36.2 Å². The molecule has 0 aromatic heterocycles. The third-order valence-electron chi connectivity index (χ3n) is 1.63. The quantitative estimate of drug-likeness (QED) is 0.465. The summed E-state index contributed by atoms with van der Waals surface area (Å²) in [5, 5.41) is 8.14. The van der Waals surface area contributed by atoms with E-state index in [-0.39, 0.29) is 6.42 Å². The lowest BCUT2D eigenvalue weighted by molar-refractivity contribution is -0.372. The maximum atomic E-state index is 11.9. The summed E-state index contributed by atoms with van der Waals surface area (Å²) >= 11 is 0. The molecule has 3 nitrogen and oxygen atoms in total. The van der Waals surface area contributed by atoms with Crippen LogP contribution in [0.3, 0.4) is 0 Å². The molecule has 9 heteroatoms. The van der Waals surface area contributed by atoms with Crippen molar-refractivity contribution >= 4 is 5.97 Å². The average molecular weight is 253 g/mol. The molecule has 0 atom stereocenters. The molecule has 0 bridgehead atoms. The summed E-state index contributed by atoms with van der Waals surface area (Å²) in [6, 6.07) is 0. The van der Waals surface area contributed by atoms with Crippen molar-refractivity contribution in [1.29, 1.82) is 0 Å². The van der Waals surface area contributed by atoms with E-state index in [1.807, 2.05) is 0 Å². The fourth-order valence-electron chi connectivity index (χ4n) is 0.943. The zero-order chi connectivity index (χ0) is 13.0. The van der Waals surface area contributed by atoms with Gasteiger partial charge >= 0.3 is 18.6 Å². The van der Waals surface area contributed by atoms with Crippen LogP contribution in [0, 0.1) is 0 Å². The molecule has 0 radical (unpaired) electrons. The minimum absolute atomic E-state index is 0.238. The molecule has 0 aliphatic carbocycles. The van der Waals surface area contributed by atoms with E-state index in [1.165, 1.54) is 0 Å². The Balaban J connectivity index is 4.21. The van der Waals surface area contributed by atoms with Crippen molar-refractivity contribution in [2.75, 3.05) is 6.54 Å². The van der Waals surface area contributed by atoms with Crippen LogP contribution in [0.15, 0.2) is 0 Å². The summed E-state index contributed by atoms with van der Waals surface area (Å²) in [5.74, 6) is -1.26. The van der Waals surface area contributed by atoms with Gasteiger partial charge in [0.1, 0.15) is 0 Å². The fraction of sp³-hybridized carbons (Fsp3) is 0.857. The molecule has 0 spiro atoms. The monoisotopic (exact) mass is 253 g/mol. The normalized spacial score (nSPS) is 13.2. The van der Waals surface area contributed by atoms with Gasteiger partial charge in [-0.3, -0.25) is 4.79 Å². The second-order valence-electron chi connectivity index (χ2n) is 2.94. The first kappa shape index (κ1) is 15.0. The van der Waals surface area contributed by atoms with Gasteiger partial charge in [0, 0.05) is 13.0 Å². The highest BCUT2D eigenvalue weighted by molar-refractivity contribution is 5.66. The van der Waals surface area contributed by atoms with E-state index in [2.05, 4.69) is 0 Å². The number of hydrogen-bond donors (Lipinski definition) is 1. The van der Waals surface area contributed by atoms with Gasteiger partial charge in [0.25, 0.3) is 0 Å². The van der Waals surface area contributed by atoms with E-state index in [0.717, 1.165) is 0 Å². The summed E-state index contributed by atoms with van der Waals surface area (Å²) in [7, 11) is 0. The van der Waals surface area contributed by atoms with Gasteiger partial charge in [0.15, 0.2) is 0 Å². The zero-order valence-electron chi connectivity index (χ0n) is 7.90. The summed E-state index contributed by atoms with van der Waals surface area (Å²) in [4.78, 5) is 8.41. The summed E-state index contributed by atoms with van der Waals surface area (Å²) < 4.78 is 71.3. The molecule has 0 saturated heterocycles. The number of alkyl halides is 6. The average Bonchev–Trinajstić information content (AvgIpc) is 1.97. The number of hydrogen-bond acceptors (Lipinski definition) is 2. The molecule has 1 N–H and O–H groups in total. The van der Waals surface area contributed by atoms with Crippen molar-refractivity contribution in [1.82, 2.24) is 4.90 Å². The number of unbranched alkanes of at least 4 members (excludes halogenated alkanes) is 1. The number of carboxylic acids is 1. The second-order valence-corrected chi connectivity index (χ2v) is 2.94. The number of aliphatic carboxylic acids is 1. The third kappa shape index (κ3) is 5.79. The van der Waals surface area contributed by atoms with Gasteiger partial charge in [-0.2, -0.15) is 26.3 Å². The molecule has 0 amide bonds. The highest BCUT2D eigenvalue weighted by Crippen LogP contribution is 2.33. The van der Waals surface area contributed by atoms with E-state index in [4.69, 9.17) is 5.11 Å². The molecule has 16 heavy (non-hydrogen) atoms. The fourth-order valence-corrected chi connectivity index (χ4v) is 0.943. The molecule has 0 rings (SSSR count). The Morgan fingerprint density at radius 1 is 1.00 bits per heavy atom. The van der Waals surface area contributed by atoms with Crippen molar-refractivity contribution in [3.63, 3.8) is 0 Å². The van der Waals surface area contributed by atoms with Gasteiger partial charge in [0.2, 0.25) is 0 Å². The second kappa shape index (κ2) is 5.37. The third-order valence-corrected chi connectivity index (χ3v) is 1.63. The Kier molecular flexibility index (Phi) is 5.04. The molecule has 0 fully saturated rings. The van der Waals surface area contributed by atoms with Gasteiger partial charge in [-0.15, -0.1) is 4.90 Å². The van der Waals surface area contributed by atoms with E-state index in [0.29, 0.717) is 0 Å². The lowest BCUT2D eigenvalue weighted by Crippen LogP contribution is -2.48. The number of halogens is 6. The highest BCUT2D eigenvalue weighted by atomic mass is 19.4. The molecule has 0 aromatic carbocycles. The first-order valence-corrected chi connectivity index (χ1v) is 4.18. The molecular weight excluding hydrogens is 244 g/mol. The van der Waals surface area contributed by atoms with Crippen LogP contribution in [-0.4, -0.2) is 35.1 Å². The topological polar surface area (TPSA) is 40.5 Å². The Morgan fingerprint density at radius 2 is 1.44 bits per heavy atom. The van der Waals surface area contributed by atoms with Crippen LogP contribution in [0.4, 0.5) is 26.3 Å². The highest BCUT2D eigenvalue weighted by Gasteiger charge is 2.53. The molecule has 0 aromatic rings. The largest absolute Gasteiger partial charge is 0.481 e. The Morgan fingerprint density at radius 3 is 1.75 bits per heavy atom. The molecule has 0 heterocycles. The maximum Gasteiger partial charge on any atom is 0.467 e. The molecule has 0 saturated carbocycles. The number of rotatable bonds is 5. The van der Waals surface area contributed by atoms with Gasteiger partial charge in [-0.1, -0.05) is 0 Å². The Hall–Kier alpha value is -0.990. The van der Waals surface area contributed by atoms with E-state index < -0.39 is 42.9 Å². The van der Waals surface area contributed by atoms with Crippen molar-refractivity contribution in [3.8, 4) is 0 Å². The van der Waals surface area contributed by atoms with Crippen LogP contribution < -0.4 is 0 Å². The van der Waals surface area contributed by atoms with E-state index in [1.54, 1.807) is 0 Å². The summed E-state index contributed by atoms with van der Waals surface area (Å²) in [5.41, 5.74) is 0. The lowest BCUT2D eigenvalue weighted by Gasteiger charge is -2.26. The lowest BCUT2D eigenvalue weighted by atomic mass is 10.2. The van der Waals surface area contributed by atoms with Gasteiger partial charge < -0.3 is 5.11 Å². The molecule has 0 aliphatic rings. The summed E-state index contributed by atoms with van der Waals surface area (Å²) in [6.07, 6.45) is -12.2. The predicted octanol–water partition coefficient (Wildman–Crippen LogP) is 2.58. The van der Waals surface area contributed by atoms with Crippen LogP contribution in [0.5, 0.6) is 0 Å². The molecule has 0 aliphatic heterocycles. The van der Waals surface area contributed by atoms with Crippen molar-refractivity contribution in [3.05, 3.63) is 0 Å². The predicted molar refractivity (Wildman–Crippen MR) is 40.3 cm³/mol. The standard InChI is InChI=1S/C7H9F6NO2/c8-6(9,10)14(7(11,12)13)4-2-1-3-5(15)16/h1-4H2,(H,15,16).